The highest BCUT2D eigenvalue weighted by Gasteiger charge is 2.27. The first kappa shape index (κ1) is 17.1. The van der Waals surface area contributed by atoms with Crippen molar-refractivity contribution in [2.45, 2.75) is 15.5 Å². The van der Waals surface area contributed by atoms with E-state index in [1.54, 1.807) is 34.7 Å². The van der Waals surface area contributed by atoms with Crippen molar-refractivity contribution in [3.8, 4) is 0 Å². The van der Waals surface area contributed by atoms with Crippen molar-refractivity contribution in [3.63, 3.8) is 0 Å². The molecule has 0 aliphatic carbocycles. The zero-order valence-electron chi connectivity index (χ0n) is 14.1. The third kappa shape index (κ3) is 3.61. The summed E-state index contributed by atoms with van der Waals surface area (Å²) in [5.74, 6) is 2.60. The van der Waals surface area contributed by atoms with Gasteiger partial charge in [-0.3, -0.25) is 4.90 Å². The first-order chi connectivity index (χ1) is 12.8. The molecule has 2 heterocycles. The number of anilines is 2. The lowest BCUT2D eigenvalue weighted by Crippen LogP contribution is -2.39. The van der Waals surface area contributed by atoms with E-state index in [9.17, 15) is 4.79 Å². The highest BCUT2D eigenvalue weighted by molar-refractivity contribution is 7.99. The quantitative estimate of drug-likeness (QED) is 0.590. The van der Waals surface area contributed by atoms with Crippen LogP contribution in [-0.4, -0.2) is 18.3 Å². The van der Waals surface area contributed by atoms with Gasteiger partial charge in [-0.15, -0.1) is 0 Å². The molecule has 0 saturated heterocycles. The summed E-state index contributed by atoms with van der Waals surface area (Å²) in [5.41, 5.74) is 1.86. The molecule has 0 unspecified atom stereocenters. The maximum absolute atomic E-state index is 12.9. The van der Waals surface area contributed by atoms with Gasteiger partial charge >= 0.3 is 6.03 Å². The van der Waals surface area contributed by atoms with Gasteiger partial charge in [-0.25, -0.2) is 4.79 Å². The Morgan fingerprint density at radius 3 is 2.35 bits per heavy atom. The first-order valence-electron chi connectivity index (χ1n) is 8.37. The lowest BCUT2D eigenvalue weighted by Gasteiger charge is -2.31. The molecule has 132 valence electrons. The summed E-state index contributed by atoms with van der Waals surface area (Å²) in [7, 11) is 0. The fraction of sp³-hybridized carbons (Fsp3) is 0.150. The number of amides is 2. The molecule has 0 atom stereocenters. The normalized spacial score (nSPS) is 12.4. The van der Waals surface area contributed by atoms with Crippen LogP contribution < -0.4 is 10.2 Å². The van der Waals surface area contributed by atoms with Crippen molar-refractivity contribution >= 4 is 40.9 Å². The van der Waals surface area contributed by atoms with Gasteiger partial charge in [0.15, 0.2) is 0 Å². The van der Waals surface area contributed by atoms with E-state index in [0.29, 0.717) is 6.54 Å². The number of fused-ring (bicyclic) bond motifs is 2. The number of para-hydroxylation sites is 2. The van der Waals surface area contributed by atoms with Gasteiger partial charge in [0.25, 0.3) is 0 Å². The maximum atomic E-state index is 12.9. The zero-order valence-corrected chi connectivity index (χ0v) is 15.7. The number of urea groups is 1. The van der Waals surface area contributed by atoms with Crippen LogP contribution in [0.5, 0.6) is 0 Å². The number of furan rings is 1. The van der Waals surface area contributed by atoms with Crippen LogP contribution in [0.15, 0.2) is 81.1 Å². The minimum atomic E-state index is -0.0937. The Kier molecular flexibility index (Phi) is 5.22. The standard InChI is InChI=1S/C20H18N2O2S2/c23-20(21-11-13-25-14-15-6-5-12-24-15)22-16-7-1-3-9-18(16)26-19-10-4-2-8-17(19)22/h1-10,12H,11,13-14H2,(H,21,23). The topological polar surface area (TPSA) is 45.5 Å². The molecule has 0 saturated carbocycles. The van der Waals surface area contributed by atoms with Crippen LogP contribution in [0.3, 0.4) is 0 Å². The Morgan fingerprint density at radius 2 is 1.69 bits per heavy atom. The summed E-state index contributed by atoms with van der Waals surface area (Å²) in [4.78, 5) is 16.9. The average molecular weight is 383 g/mol. The van der Waals surface area contributed by atoms with Crippen LogP contribution in [0.25, 0.3) is 0 Å². The summed E-state index contributed by atoms with van der Waals surface area (Å²) in [5, 5.41) is 3.04. The summed E-state index contributed by atoms with van der Waals surface area (Å²) >= 11 is 3.44. The van der Waals surface area contributed by atoms with E-state index < -0.39 is 0 Å². The summed E-state index contributed by atoms with van der Waals surface area (Å²) < 4.78 is 5.32. The number of nitrogens with one attached hydrogen (secondary N) is 1. The van der Waals surface area contributed by atoms with E-state index in [1.807, 2.05) is 48.5 Å². The van der Waals surface area contributed by atoms with Gasteiger partial charge < -0.3 is 9.73 Å². The Balaban J connectivity index is 1.42. The molecule has 1 aliphatic rings. The summed E-state index contributed by atoms with van der Waals surface area (Å²) in [6.07, 6.45) is 1.68. The zero-order chi connectivity index (χ0) is 17.8. The van der Waals surface area contributed by atoms with E-state index in [0.717, 1.165) is 38.4 Å². The molecule has 26 heavy (non-hydrogen) atoms. The summed E-state index contributed by atoms with van der Waals surface area (Å²) in [6, 6.07) is 19.8. The van der Waals surface area contributed by atoms with Crippen LogP contribution in [0.1, 0.15) is 5.76 Å². The molecule has 2 aromatic carbocycles. The molecule has 6 heteroatoms. The molecule has 1 aliphatic heterocycles. The molecule has 0 spiro atoms. The Hall–Kier alpha value is -2.31. The average Bonchev–Trinajstić information content (AvgIpc) is 3.19. The van der Waals surface area contributed by atoms with Crippen molar-refractivity contribution in [1.29, 1.82) is 0 Å². The Labute approximate surface area is 161 Å². The van der Waals surface area contributed by atoms with Crippen LogP contribution in [-0.2, 0) is 5.75 Å². The van der Waals surface area contributed by atoms with Gasteiger partial charge in [-0.2, -0.15) is 11.8 Å². The van der Waals surface area contributed by atoms with Gasteiger partial charge in [0.1, 0.15) is 5.76 Å². The van der Waals surface area contributed by atoms with Crippen LogP contribution in [0, 0.1) is 0 Å². The van der Waals surface area contributed by atoms with Crippen molar-refractivity contribution in [1.82, 2.24) is 5.32 Å². The number of carbonyl (C=O) groups excluding carboxylic acids is 1. The van der Waals surface area contributed by atoms with E-state index >= 15 is 0 Å². The molecule has 1 N–H and O–H groups in total. The van der Waals surface area contributed by atoms with Crippen molar-refractivity contribution in [2.24, 2.45) is 0 Å². The highest BCUT2D eigenvalue weighted by atomic mass is 32.2. The molecule has 4 rings (SSSR count). The number of rotatable bonds is 5. The number of benzene rings is 2. The van der Waals surface area contributed by atoms with Crippen molar-refractivity contribution in [2.75, 3.05) is 17.2 Å². The first-order valence-corrected chi connectivity index (χ1v) is 10.3. The second-order valence-electron chi connectivity index (χ2n) is 5.74. The van der Waals surface area contributed by atoms with E-state index in [2.05, 4.69) is 17.4 Å². The molecular weight excluding hydrogens is 364 g/mol. The molecule has 2 amide bonds. The van der Waals surface area contributed by atoms with Crippen molar-refractivity contribution < 1.29 is 9.21 Å². The molecule has 0 radical (unpaired) electrons. The monoisotopic (exact) mass is 382 g/mol. The SMILES string of the molecule is O=C(NCCSCc1ccco1)N1c2ccccc2Sc2ccccc21. The molecule has 1 aromatic heterocycles. The van der Waals surface area contributed by atoms with E-state index in [4.69, 9.17) is 4.42 Å². The second-order valence-corrected chi connectivity index (χ2v) is 7.93. The fourth-order valence-corrected chi connectivity index (χ4v) is 4.61. The highest BCUT2D eigenvalue weighted by Crippen LogP contribution is 2.47. The van der Waals surface area contributed by atoms with Gasteiger partial charge in [0, 0.05) is 22.1 Å². The molecule has 4 nitrogen and oxygen atoms in total. The number of thioether (sulfide) groups is 1. The molecule has 3 aromatic rings. The van der Waals surface area contributed by atoms with Crippen LogP contribution >= 0.6 is 23.5 Å². The minimum Gasteiger partial charge on any atom is -0.468 e. The lowest BCUT2D eigenvalue weighted by atomic mass is 10.2. The molecule has 0 fully saturated rings. The number of nitrogens with zero attached hydrogens (tertiary/aromatic N) is 1. The number of hydrogen-bond donors (Lipinski definition) is 1. The third-order valence-corrected chi connectivity index (χ3v) is 6.09. The predicted molar refractivity (Wildman–Crippen MR) is 107 cm³/mol. The van der Waals surface area contributed by atoms with Gasteiger partial charge in [-0.1, -0.05) is 36.0 Å². The minimum absolute atomic E-state index is 0.0937. The third-order valence-electron chi connectivity index (χ3n) is 3.98. The van der Waals surface area contributed by atoms with Gasteiger partial charge in [0.2, 0.25) is 0 Å². The van der Waals surface area contributed by atoms with E-state index in [-0.39, 0.29) is 6.03 Å². The van der Waals surface area contributed by atoms with Crippen molar-refractivity contribution in [3.05, 3.63) is 72.7 Å². The summed E-state index contributed by atoms with van der Waals surface area (Å²) in [6.45, 7) is 0.609. The smallest absolute Gasteiger partial charge is 0.326 e. The largest absolute Gasteiger partial charge is 0.468 e. The second kappa shape index (κ2) is 7.93. The lowest BCUT2D eigenvalue weighted by molar-refractivity contribution is 0.249. The molecular formula is C20H18N2O2S2. The number of hydrogen-bond acceptors (Lipinski definition) is 4. The van der Waals surface area contributed by atoms with Gasteiger partial charge in [-0.05, 0) is 36.4 Å². The molecule has 0 bridgehead atoms. The fourth-order valence-electron chi connectivity index (χ4n) is 2.80. The van der Waals surface area contributed by atoms with Gasteiger partial charge in [0.05, 0.1) is 23.4 Å². The number of carbonyl (C=O) groups is 1. The van der Waals surface area contributed by atoms with E-state index in [1.165, 1.54) is 0 Å². The Morgan fingerprint density at radius 1 is 1.00 bits per heavy atom. The van der Waals surface area contributed by atoms with Crippen LogP contribution in [0.2, 0.25) is 0 Å². The maximum Gasteiger partial charge on any atom is 0.326 e. The predicted octanol–water partition coefficient (Wildman–Crippen LogP) is 5.53. The van der Waals surface area contributed by atoms with Crippen LogP contribution in [0.4, 0.5) is 16.2 Å². The Bertz CT molecular complexity index is 851.